The fourth-order valence-electron chi connectivity index (χ4n) is 2.42. The topological polar surface area (TPSA) is 84.8 Å². The molecule has 0 saturated carbocycles. The second-order valence-electron chi connectivity index (χ2n) is 5.41. The fourth-order valence-corrected chi connectivity index (χ4v) is 3.64. The molecule has 0 radical (unpaired) electrons. The van der Waals surface area contributed by atoms with Crippen LogP contribution in [0.2, 0.25) is 0 Å². The van der Waals surface area contributed by atoms with Gasteiger partial charge in [0.25, 0.3) is 0 Å². The van der Waals surface area contributed by atoms with Gasteiger partial charge in [0.15, 0.2) is 0 Å². The van der Waals surface area contributed by atoms with E-state index in [9.17, 15) is 21.6 Å². The van der Waals surface area contributed by atoms with Gasteiger partial charge in [-0.2, -0.15) is 13.2 Å². The summed E-state index contributed by atoms with van der Waals surface area (Å²) < 4.78 is 66.4. The van der Waals surface area contributed by atoms with Crippen molar-refractivity contribution < 1.29 is 21.6 Å². The fraction of sp³-hybridized carbons (Fsp3) is 0.118. The number of alkyl halides is 3. The molecule has 2 aromatic heterocycles. The number of halogens is 3. The van der Waals surface area contributed by atoms with E-state index in [1.165, 1.54) is 30.9 Å². The van der Waals surface area contributed by atoms with Crippen LogP contribution in [0.5, 0.6) is 0 Å². The third-order valence-electron chi connectivity index (χ3n) is 3.64. The molecule has 3 aromatic rings. The van der Waals surface area contributed by atoms with Gasteiger partial charge in [0.2, 0.25) is 10.0 Å². The molecular formula is C17H13F3N4O2S. The summed E-state index contributed by atoms with van der Waals surface area (Å²) in [5, 5.41) is 0. The Kier molecular flexibility index (Phi) is 5.19. The predicted octanol–water partition coefficient (Wildman–Crippen LogP) is 3.04. The maximum atomic E-state index is 13.1. The quantitative estimate of drug-likeness (QED) is 0.719. The molecule has 0 atom stereocenters. The zero-order chi connectivity index (χ0) is 19.5. The molecule has 1 N–H and O–H groups in total. The van der Waals surface area contributed by atoms with Gasteiger partial charge in [-0.3, -0.25) is 15.0 Å². The van der Waals surface area contributed by atoms with Crippen LogP contribution in [-0.4, -0.2) is 23.4 Å². The predicted molar refractivity (Wildman–Crippen MR) is 90.7 cm³/mol. The van der Waals surface area contributed by atoms with Gasteiger partial charge in [0.1, 0.15) is 0 Å². The molecule has 1 aromatic carbocycles. The van der Waals surface area contributed by atoms with Gasteiger partial charge in [0, 0.05) is 30.4 Å². The van der Waals surface area contributed by atoms with Crippen molar-refractivity contribution in [1.29, 1.82) is 0 Å². The van der Waals surface area contributed by atoms with E-state index in [-0.39, 0.29) is 12.2 Å². The van der Waals surface area contributed by atoms with Crippen molar-refractivity contribution in [3.8, 4) is 11.3 Å². The van der Waals surface area contributed by atoms with E-state index in [0.717, 1.165) is 18.2 Å². The average molecular weight is 394 g/mol. The number of nitrogens with one attached hydrogen (secondary N) is 1. The second kappa shape index (κ2) is 7.41. The Hall–Kier alpha value is -2.85. The van der Waals surface area contributed by atoms with E-state index in [4.69, 9.17) is 0 Å². The highest BCUT2D eigenvalue weighted by atomic mass is 32.2. The molecule has 0 amide bonds. The summed E-state index contributed by atoms with van der Waals surface area (Å²) in [5.74, 6) is 0. The van der Waals surface area contributed by atoms with Crippen LogP contribution >= 0.6 is 0 Å². The first-order chi connectivity index (χ1) is 12.8. The number of pyridine rings is 1. The molecule has 0 bridgehead atoms. The van der Waals surface area contributed by atoms with Crippen LogP contribution in [0.4, 0.5) is 13.2 Å². The van der Waals surface area contributed by atoms with Crippen LogP contribution in [0, 0.1) is 0 Å². The van der Waals surface area contributed by atoms with Crippen molar-refractivity contribution in [1.82, 2.24) is 19.7 Å². The molecule has 6 nitrogen and oxygen atoms in total. The molecule has 0 aliphatic heterocycles. The lowest BCUT2D eigenvalue weighted by molar-refractivity contribution is -0.139. The minimum Gasteiger partial charge on any atom is -0.265 e. The van der Waals surface area contributed by atoms with Gasteiger partial charge >= 0.3 is 6.18 Å². The molecule has 0 aliphatic carbocycles. The normalized spacial score (nSPS) is 12.1. The van der Waals surface area contributed by atoms with Crippen LogP contribution in [0.3, 0.4) is 0 Å². The van der Waals surface area contributed by atoms with Gasteiger partial charge < -0.3 is 0 Å². The number of aromatic nitrogens is 3. The first-order valence-corrected chi connectivity index (χ1v) is 9.13. The zero-order valence-electron chi connectivity index (χ0n) is 13.7. The van der Waals surface area contributed by atoms with Crippen LogP contribution < -0.4 is 4.72 Å². The Bertz CT molecular complexity index is 1040. The highest BCUT2D eigenvalue weighted by Gasteiger charge is 2.36. The molecule has 0 fully saturated rings. The monoisotopic (exact) mass is 394 g/mol. The number of sulfonamides is 1. The molecule has 140 valence electrons. The molecule has 0 aliphatic rings. The smallest absolute Gasteiger partial charge is 0.265 e. The summed E-state index contributed by atoms with van der Waals surface area (Å²) in [6.45, 7) is -0.319. The Labute approximate surface area is 153 Å². The maximum absolute atomic E-state index is 13.1. The number of nitrogens with zero attached hydrogens (tertiary/aromatic N) is 3. The molecule has 27 heavy (non-hydrogen) atoms. The lowest BCUT2D eigenvalue weighted by Crippen LogP contribution is -2.26. The summed E-state index contributed by atoms with van der Waals surface area (Å²) in [5.41, 5.74) is 0.109. The van der Waals surface area contributed by atoms with Crippen molar-refractivity contribution >= 4 is 10.0 Å². The summed E-state index contributed by atoms with van der Waals surface area (Å²) in [4.78, 5) is 11.3. The Morgan fingerprint density at radius 3 is 2.30 bits per heavy atom. The third-order valence-corrected chi connectivity index (χ3v) is 5.10. The average Bonchev–Trinajstić information content (AvgIpc) is 2.67. The van der Waals surface area contributed by atoms with Crippen LogP contribution in [-0.2, 0) is 22.7 Å². The van der Waals surface area contributed by atoms with Gasteiger partial charge in [-0.15, -0.1) is 0 Å². The molecule has 0 saturated heterocycles. The van der Waals surface area contributed by atoms with Crippen molar-refractivity contribution in [3.05, 3.63) is 72.4 Å². The summed E-state index contributed by atoms with van der Waals surface area (Å²) >= 11 is 0. The van der Waals surface area contributed by atoms with E-state index in [0.29, 0.717) is 11.3 Å². The standard InChI is InChI=1S/C17H13F3N4O2S/c18-17(19,20)13-3-1-2-4-15(13)27(25,26)24-11-14-16(23-10-9-22-14)12-5-7-21-8-6-12/h1-10,24H,11H2. The Morgan fingerprint density at radius 1 is 0.926 bits per heavy atom. The van der Waals surface area contributed by atoms with Gasteiger partial charge in [-0.1, -0.05) is 12.1 Å². The minimum atomic E-state index is -4.79. The van der Waals surface area contributed by atoms with Crippen LogP contribution in [0.1, 0.15) is 11.3 Å². The highest BCUT2D eigenvalue weighted by Crippen LogP contribution is 2.34. The minimum absolute atomic E-state index is 0.275. The largest absolute Gasteiger partial charge is 0.417 e. The maximum Gasteiger partial charge on any atom is 0.417 e. The molecular weight excluding hydrogens is 381 g/mol. The van der Waals surface area contributed by atoms with Crippen molar-refractivity contribution in [2.24, 2.45) is 0 Å². The first-order valence-electron chi connectivity index (χ1n) is 7.65. The third kappa shape index (κ3) is 4.29. The Morgan fingerprint density at radius 2 is 1.59 bits per heavy atom. The van der Waals surface area contributed by atoms with E-state index in [1.807, 2.05) is 0 Å². The van der Waals surface area contributed by atoms with E-state index >= 15 is 0 Å². The van der Waals surface area contributed by atoms with E-state index in [1.54, 1.807) is 12.1 Å². The lowest BCUT2D eigenvalue weighted by Gasteiger charge is -2.14. The van der Waals surface area contributed by atoms with Gasteiger partial charge in [-0.05, 0) is 24.3 Å². The molecule has 10 heteroatoms. The van der Waals surface area contributed by atoms with Crippen molar-refractivity contribution in [2.45, 2.75) is 17.6 Å². The zero-order valence-corrected chi connectivity index (χ0v) is 14.5. The SMILES string of the molecule is O=S(=O)(NCc1nccnc1-c1ccncc1)c1ccccc1C(F)(F)F. The second-order valence-corrected chi connectivity index (χ2v) is 7.14. The van der Waals surface area contributed by atoms with Crippen molar-refractivity contribution in [3.63, 3.8) is 0 Å². The van der Waals surface area contributed by atoms with Gasteiger partial charge in [-0.25, -0.2) is 13.1 Å². The summed E-state index contributed by atoms with van der Waals surface area (Å²) in [7, 11) is -4.42. The molecule has 2 heterocycles. The number of benzene rings is 1. The van der Waals surface area contributed by atoms with Crippen LogP contribution in [0.25, 0.3) is 11.3 Å². The summed E-state index contributed by atoms with van der Waals surface area (Å²) in [6.07, 6.45) is 1.10. The summed E-state index contributed by atoms with van der Waals surface area (Å²) in [6, 6.07) is 7.33. The first kappa shape index (κ1) is 18.9. The molecule has 0 unspecified atom stereocenters. The number of hydrogen-bond donors (Lipinski definition) is 1. The Balaban J connectivity index is 1.91. The molecule has 3 rings (SSSR count). The molecule has 0 spiro atoms. The lowest BCUT2D eigenvalue weighted by atomic mass is 10.1. The van der Waals surface area contributed by atoms with Crippen LogP contribution in [0.15, 0.2) is 66.1 Å². The number of hydrogen-bond acceptors (Lipinski definition) is 5. The van der Waals surface area contributed by atoms with Crippen molar-refractivity contribution in [2.75, 3.05) is 0 Å². The van der Waals surface area contributed by atoms with E-state index in [2.05, 4.69) is 19.7 Å². The van der Waals surface area contributed by atoms with Gasteiger partial charge in [0.05, 0.1) is 28.4 Å². The van der Waals surface area contributed by atoms with E-state index < -0.39 is 26.7 Å². The highest BCUT2D eigenvalue weighted by molar-refractivity contribution is 7.89. The number of rotatable bonds is 5.